The third-order valence-electron chi connectivity index (χ3n) is 3.40. The van der Waals surface area contributed by atoms with Crippen LogP contribution in [0, 0.1) is 5.92 Å². The van der Waals surface area contributed by atoms with E-state index in [1.165, 1.54) is 57.8 Å². The van der Waals surface area contributed by atoms with Crippen LogP contribution in [0.5, 0.6) is 0 Å². The molecule has 1 unspecified atom stereocenters. The lowest BCUT2D eigenvalue weighted by Crippen LogP contribution is -2.03. The summed E-state index contributed by atoms with van der Waals surface area (Å²) in [4.78, 5) is 0. The molecule has 0 aliphatic heterocycles. The van der Waals surface area contributed by atoms with Gasteiger partial charge in [0.2, 0.25) is 0 Å². The van der Waals surface area contributed by atoms with E-state index < -0.39 is 0 Å². The summed E-state index contributed by atoms with van der Waals surface area (Å²) in [6.07, 6.45) is 13.9. The van der Waals surface area contributed by atoms with Gasteiger partial charge in [-0.1, -0.05) is 71.6 Å². The highest BCUT2D eigenvalue weighted by Gasteiger charge is 2.07. The molecule has 0 spiro atoms. The average molecular weight is 230 g/mol. The predicted octanol–water partition coefficient (Wildman–Crippen LogP) is 5.90. The van der Waals surface area contributed by atoms with Gasteiger partial charge in [-0.15, -0.1) is 0 Å². The lowest BCUT2D eigenvalue weighted by atomic mass is 9.95. The summed E-state index contributed by atoms with van der Waals surface area (Å²) >= 11 is 0. The molecule has 16 heavy (non-hydrogen) atoms. The Morgan fingerprint density at radius 1 is 0.688 bits per heavy atom. The zero-order chi connectivity index (χ0) is 12.1. The van der Waals surface area contributed by atoms with Crippen LogP contribution in [-0.4, -0.2) is 6.67 Å². The van der Waals surface area contributed by atoms with E-state index in [1.54, 1.807) is 0 Å². The molecule has 0 fully saturated rings. The van der Waals surface area contributed by atoms with Gasteiger partial charge >= 0.3 is 0 Å². The second-order valence-corrected chi connectivity index (χ2v) is 5.07. The molecule has 0 rings (SSSR count). The Kier molecular flexibility index (Phi) is 12.9. The molecule has 0 aromatic heterocycles. The normalized spacial score (nSPS) is 12.9. The maximum atomic E-state index is 12.7. The van der Waals surface area contributed by atoms with Gasteiger partial charge in [0.05, 0.1) is 6.67 Å². The van der Waals surface area contributed by atoms with Gasteiger partial charge < -0.3 is 0 Å². The van der Waals surface area contributed by atoms with E-state index in [2.05, 4.69) is 13.8 Å². The first-order chi connectivity index (χ1) is 7.85. The van der Waals surface area contributed by atoms with Crippen LogP contribution in [0.25, 0.3) is 0 Å². The fraction of sp³-hybridized carbons (Fsp3) is 1.00. The minimum absolute atomic E-state index is 0.0973. The molecule has 0 aliphatic carbocycles. The van der Waals surface area contributed by atoms with E-state index in [1.807, 2.05) is 0 Å². The molecule has 0 N–H and O–H groups in total. The fourth-order valence-electron chi connectivity index (χ4n) is 2.19. The van der Waals surface area contributed by atoms with E-state index in [9.17, 15) is 4.39 Å². The maximum Gasteiger partial charge on any atom is 0.0922 e. The average Bonchev–Trinajstić information content (AvgIpc) is 2.31. The smallest absolute Gasteiger partial charge is 0.0922 e. The van der Waals surface area contributed by atoms with Gasteiger partial charge in [-0.05, 0) is 18.8 Å². The third-order valence-corrected chi connectivity index (χ3v) is 3.40. The van der Waals surface area contributed by atoms with Crippen molar-refractivity contribution >= 4 is 0 Å². The fourth-order valence-corrected chi connectivity index (χ4v) is 2.19. The largest absolute Gasteiger partial charge is 0.251 e. The molecule has 0 heterocycles. The SMILES string of the molecule is CCCCCCCC(CF)CCCCCC. The van der Waals surface area contributed by atoms with E-state index in [0.29, 0.717) is 5.92 Å². The molecular formula is C15H31F. The second kappa shape index (κ2) is 13.0. The molecule has 0 aromatic carbocycles. The molecule has 0 amide bonds. The van der Waals surface area contributed by atoms with Crippen LogP contribution in [0.3, 0.4) is 0 Å². The van der Waals surface area contributed by atoms with Gasteiger partial charge in [0, 0.05) is 0 Å². The summed E-state index contributed by atoms with van der Waals surface area (Å²) in [7, 11) is 0. The zero-order valence-corrected chi connectivity index (χ0v) is 11.4. The van der Waals surface area contributed by atoms with Crippen molar-refractivity contribution in [2.45, 2.75) is 84.5 Å². The highest BCUT2D eigenvalue weighted by Crippen LogP contribution is 2.18. The minimum Gasteiger partial charge on any atom is -0.251 e. The van der Waals surface area contributed by atoms with E-state index in [0.717, 1.165) is 12.8 Å². The van der Waals surface area contributed by atoms with Crippen LogP contribution in [0.1, 0.15) is 84.5 Å². The van der Waals surface area contributed by atoms with Crippen molar-refractivity contribution in [1.29, 1.82) is 0 Å². The van der Waals surface area contributed by atoms with Crippen LogP contribution in [0.15, 0.2) is 0 Å². The van der Waals surface area contributed by atoms with Crippen LogP contribution >= 0.6 is 0 Å². The Morgan fingerprint density at radius 2 is 1.12 bits per heavy atom. The monoisotopic (exact) mass is 230 g/mol. The number of rotatable bonds is 12. The molecule has 98 valence electrons. The summed E-state index contributed by atoms with van der Waals surface area (Å²) < 4.78 is 12.7. The van der Waals surface area contributed by atoms with Crippen molar-refractivity contribution in [3.05, 3.63) is 0 Å². The number of hydrogen-bond acceptors (Lipinski definition) is 0. The Bertz CT molecular complexity index is 123. The van der Waals surface area contributed by atoms with Gasteiger partial charge in [-0.25, -0.2) is 0 Å². The Labute approximate surface area is 102 Å². The van der Waals surface area contributed by atoms with Gasteiger partial charge in [-0.3, -0.25) is 4.39 Å². The standard InChI is InChI=1S/C15H31F/c1-3-5-7-9-11-13-15(14-16)12-10-8-6-4-2/h15H,3-14H2,1-2H3. The molecular weight excluding hydrogens is 199 g/mol. The Hall–Kier alpha value is -0.0700. The van der Waals surface area contributed by atoms with Crippen molar-refractivity contribution in [1.82, 2.24) is 0 Å². The van der Waals surface area contributed by atoms with Gasteiger partial charge in [0.25, 0.3) is 0 Å². The molecule has 0 aromatic rings. The van der Waals surface area contributed by atoms with Crippen molar-refractivity contribution in [2.24, 2.45) is 5.92 Å². The van der Waals surface area contributed by atoms with Gasteiger partial charge in [0.1, 0.15) is 0 Å². The summed E-state index contributed by atoms with van der Waals surface area (Å²) in [5.74, 6) is 0.360. The van der Waals surface area contributed by atoms with Crippen LogP contribution < -0.4 is 0 Å². The number of unbranched alkanes of at least 4 members (excludes halogenated alkanes) is 7. The highest BCUT2D eigenvalue weighted by molar-refractivity contribution is 4.59. The third kappa shape index (κ3) is 10.4. The topological polar surface area (TPSA) is 0 Å². The molecule has 0 aliphatic rings. The first-order valence-corrected chi connectivity index (χ1v) is 7.41. The number of halogens is 1. The van der Waals surface area contributed by atoms with Crippen LogP contribution in [-0.2, 0) is 0 Å². The summed E-state index contributed by atoms with van der Waals surface area (Å²) in [6, 6.07) is 0. The summed E-state index contributed by atoms with van der Waals surface area (Å²) in [6.45, 7) is 4.36. The summed E-state index contributed by atoms with van der Waals surface area (Å²) in [5, 5.41) is 0. The van der Waals surface area contributed by atoms with Crippen molar-refractivity contribution in [2.75, 3.05) is 6.67 Å². The van der Waals surface area contributed by atoms with Crippen molar-refractivity contribution in [3.63, 3.8) is 0 Å². The van der Waals surface area contributed by atoms with E-state index >= 15 is 0 Å². The number of alkyl halides is 1. The maximum absolute atomic E-state index is 12.7. The minimum atomic E-state index is -0.0973. The molecule has 0 radical (unpaired) electrons. The Morgan fingerprint density at radius 3 is 1.56 bits per heavy atom. The Balaban J connectivity index is 3.29. The first kappa shape index (κ1) is 15.9. The number of hydrogen-bond donors (Lipinski definition) is 0. The molecule has 0 bridgehead atoms. The predicted molar refractivity (Wildman–Crippen MR) is 71.6 cm³/mol. The van der Waals surface area contributed by atoms with Gasteiger partial charge in [0.15, 0.2) is 0 Å². The molecule has 0 nitrogen and oxygen atoms in total. The second-order valence-electron chi connectivity index (χ2n) is 5.07. The first-order valence-electron chi connectivity index (χ1n) is 7.41. The zero-order valence-electron chi connectivity index (χ0n) is 11.4. The highest BCUT2D eigenvalue weighted by atomic mass is 19.1. The van der Waals surface area contributed by atoms with E-state index in [4.69, 9.17) is 0 Å². The van der Waals surface area contributed by atoms with Crippen molar-refractivity contribution < 1.29 is 4.39 Å². The van der Waals surface area contributed by atoms with Crippen molar-refractivity contribution in [3.8, 4) is 0 Å². The van der Waals surface area contributed by atoms with E-state index in [-0.39, 0.29) is 6.67 Å². The molecule has 1 atom stereocenters. The molecule has 0 saturated heterocycles. The van der Waals surface area contributed by atoms with Crippen LogP contribution in [0.4, 0.5) is 4.39 Å². The molecule has 0 saturated carbocycles. The quantitative estimate of drug-likeness (QED) is 0.366. The lowest BCUT2D eigenvalue weighted by Gasteiger charge is -2.12. The summed E-state index contributed by atoms with van der Waals surface area (Å²) in [5.41, 5.74) is 0. The lowest BCUT2D eigenvalue weighted by molar-refractivity contribution is 0.309. The van der Waals surface area contributed by atoms with Crippen LogP contribution in [0.2, 0.25) is 0 Å². The molecule has 1 heteroatoms. The van der Waals surface area contributed by atoms with Gasteiger partial charge in [-0.2, -0.15) is 0 Å².